The number of nitrogens with one attached hydrogen (secondary N) is 1. The van der Waals surface area contributed by atoms with Crippen LogP contribution in [0.1, 0.15) is 21.7 Å². The number of nitrogens with zero attached hydrogens (tertiary/aromatic N) is 2. The molecule has 5 heteroatoms. The molecule has 1 N–H and O–H groups in total. The van der Waals surface area contributed by atoms with Gasteiger partial charge < -0.3 is 4.98 Å². The zero-order valence-corrected chi connectivity index (χ0v) is 11.3. The molecule has 0 amide bonds. The van der Waals surface area contributed by atoms with Gasteiger partial charge in [-0.25, -0.2) is 0 Å². The number of aromatic nitrogens is 3. The Morgan fingerprint density at radius 2 is 2.31 bits per heavy atom. The number of hydrogen-bond acceptors (Lipinski definition) is 2. The molecule has 2 aromatic heterocycles. The molecule has 2 heterocycles. The molecular formula is C11H12IN3O. The van der Waals surface area contributed by atoms with Gasteiger partial charge in [0.1, 0.15) is 6.54 Å². The molecule has 0 bridgehead atoms. The Hall–Kier alpha value is -1.11. The first kappa shape index (κ1) is 11.4. The van der Waals surface area contributed by atoms with Crippen molar-refractivity contribution in [3.63, 3.8) is 0 Å². The Morgan fingerprint density at radius 1 is 1.56 bits per heavy atom. The summed E-state index contributed by atoms with van der Waals surface area (Å²) in [5.74, 6) is 0.0846. The summed E-state index contributed by atoms with van der Waals surface area (Å²) in [7, 11) is 0. The zero-order valence-electron chi connectivity index (χ0n) is 9.12. The predicted molar refractivity (Wildman–Crippen MR) is 69.5 cm³/mol. The van der Waals surface area contributed by atoms with E-state index < -0.39 is 0 Å². The molecule has 0 aromatic carbocycles. The van der Waals surface area contributed by atoms with E-state index in [-0.39, 0.29) is 5.78 Å². The summed E-state index contributed by atoms with van der Waals surface area (Å²) in [6.45, 7) is 4.15. The topological polar surface area (TPSA) is 50.7 Å². The Kier molecular flexibility index (Phi) is 3.13. The van der Waals surface area contributed by atoms with Gasteiger partial charge in [-0.05, 0) is 42.5 Å². The number of carbonyl (C=O) groups is 1. The lowest BCUT2D eigenvalue weighted by Gasteiger charge is -2.00. The Bertz CT molecular complexity index is 527. The maximum Gasteiger partial charge on any atom is 0.186 e. The predicted octanol–water partition coefficient (Wildman–Crippen LogP) is 2.32. The standard InChI is InChI=1S/C11H12IN3O/c1-7-3-10(8(2)14-7)11(16)6-15-5-9(12)4-13-15/h3-5,14H,6H2,1-2H3. The van der Waals surface area contributed by atoms with Crippen molar-refractivity contribution in [2.45, 2.75) is 20.4 Å². The molecule has 0 saturated heterocycles. The van der Waals surface area contributed by atoms with E-state index in [4.69, 9.17) is 0 Å². The first-order valence-electron chi connectivity index (χ1n) is 4.93. The van der Waals surface area contributed by atoms with E-state index in [1.54, 1.807) is 10.9 Å². The van der Waals surface area contributed by atoms with Crippen LogP contribution < -0.4 is 0 Å². The Morgan fingerprint density at radius 3 is 2.81 bits per heavy atom. The van der Waals surface area contributed by atoms with Crippen LogP contribution in [0.4, 0.5) is 0 Å². The smallest absolute Gasteiger partial charge is 0.186 e. The van der Waals surface area contributed by atoms with Gasteiger partial charge >= 0.3 is 0 Å². The summed E-state index contributed by atoms with van der Waals surface area (Å²) in [5, 5.41) is 4.10. The largest absolute Gasteiger partial charge is 0.362 e. The van der Waals surface area contributed by atoms with E-state index >= 15 is 0 Å². The van der Waals surface area contributed by atoms with E-state index in [1.165, 1.54) is 0 Å². The summed E-state index contributed by atoms with van der Waals surface area (Å²) < 4.78 is 2.69. The minimum absolute atomic E-state index is 0.0846. The molecule has 0 unspecified atom stereocenters. The van der Waals surface area contributed by atoms with Crippen molar-refractivity contribution in [2.24, 2.45) is 0 Å². The Balaban J connectivity index is 2.17. The average molecular weight is 329 g/mol. The number of H-pyrrole nitrogens is 1. The lowest BCUT2D eigenvalue weighted by molar-refractivity contribution is 0.0967. The second kappa shape index (κ2) is 4.40. The first-order valence-corrected chi connectivity index (χ1v) is 6.01. The number of aryl methyl sites for hydroxylation is 2. The maximum absolute atomic E-state index is 12.0. The number of hydrogen-bond donors (Lipinski definition) is 1. The third kappa shape index (κ3) is 2.34. The van der Waals surface area contributed by atoms with Crippen molar-refractivity contribution in [3.8, 4) is 0 Å². The highest BCUT2D eigenvalue weighted by Crippen LogP contribution is 2.11. The highest BCUT2D eigenvalue weighted by atomic mass is 127. The van der Waals surface area contributed by atoms with Crippen molar-refractivity contribution in [2.75, 3.05) is 0 Å². The molecule has 0 spiro atoms. The van der Waals surface area contributed by atoms with Gasteiger partial charge in [0.2, 0.25) is 0 Å². The lowest BCUT2D eigenvalue weighted by Crippen LogP contribution is -2.11. The van der Waals surface area contributed by atoms with Gasteiger partial charge in [-0.15, -0.1) is 0 Å². The number of rotatable bonds is 3. The fourth-order valence-corrected chi connectivity index (χ4v) is 2.12. The molecule has 0 saturated carbocycles. The molecule has 0 fully saturated rings. The van der Waals surface area contributed by atoms with Crippen molar-refractivity contribution < 1.29 is 4.79 Å². The molecule has 0 atom stereocenters. The van der Waals surface area contributed by atoms with Gasteiger partial charge in [-0.1, -0.05) is 0 Å². The fourth-order valence-electron chi connectivity index (χ4n) is 1.67. The fraction of sp³-hybridized carbons (Fsp3) is 0.273. The van der Waals surface area contributed by atoms with Gasteiger partial charge in [0, 0.05) is 23.1 Å². The Labute approximate surface area is 107 Å². The minimum atomic E-state index is 0.0846. The second-order valence-electron chi connectivity index (χ2n) is 3.77. The van der Waals surface area contributed by atoms with Gasteiger partial charge in [-0.3, -0.25) is 9.48 Å². The highest BCUT2D eigenvalue weighted by Gasteiger charge is 2.12. The lowest BCUT2D eigenvalue weighted by atomic mass is 10.1. The van der Waals surface area contributed by atoms with Gasteiger partial charge in [0.15, 0.2) is 5.78 Å². The average Bonchev–Trinajstić information content (AvgIpc) is 2.73. The van der Waals surface area contributed by atoms with Crippen LogP contribution >= 0.6 is 22.6 Å². The number of ketones is 1. The van der Waals surface area contributed by atoms with E-state index in [0.29, 0.717) is 6.54 Å². The summed E-state index contributed by atoms with van der Waals surface area (Å²) in [6, 6.07) is 1.88. The van der Waals surface area contributed by atoms with Crippen LogP contribution in [0.15, 0.2) is 18.5 Å². The molecule has 16 heavy (non-hydrogen) atoms. The van der Waals surface area contributed by atoms with Crippen LogP contribution in [-0.4, -0.2) is 20.5 Å². The van der Waals surface area contributed by atoms with Crippen LogP contribution in [-0.2, 0) is 6.54 Å². The summed E-state index contributed by atoms with van der Waals surface area (Å²) >= 11 is 2.17. The highest BCUT2D eigenvalue weighted by molar-refractivity contribution is 14.1. The van der Waals surface area contributed by atoms with Crippen LogP contribution in [0.2, 0.25) is 0 Å². The van der Waals surface area contributed by atoms with Gasteiger partial charge in [0.25, 0.3) is 0 Å². The second-order valence-corrected chi connectivity index (χ2v) is 5.02. The molecule has 0 aliphatic carbocycles. The summed E-state index contributed by atoms with van der Waals surface area (Å²) in [6.07, 6.45) is 3.59. The molecule has 0 radical (unpaired) electrons. The molecule has 2 rings (SSSR count). The number of aromatic amines is 1. The molecule has 0 aliphatic rings. The maximum atomic E-state index is 12.0. The number of carbonyl (C=O) groups excluding carboxylic acids is 1. The van der Waals surface area contributed by atoms with E-state index in [2.05, 4.69) is 32.7 Å². The molecule has 0 aliphatic heterocycles. The van der Waals surface area contributed by atoms with E-state index in [0.717, 1.165) is 20.5 Å². The summed E-state index contributed by atoms with van der Waals surface area (Å²) in [4.78, 5) is 15.1. The van der Waals surface area contributed by atoms with Crippen LogP contribution in [0, 0.1) is 17.4 Å². The molecule has 4 nitrogen and oxygen atoms in total. The normalized spacial score (nSPS) is 10.7. The summed E-state index contributed by atoms with van der Waals surface area (Å²) in [5.41, 5.74) is 2.68. The third-order valence-electron chi connectivity index (χ3n) is 2.36. The SMILES string of the molecule is Cc1cc(C(=O)Cn2cc(I)cn2)c(C)[nH]1. The van der Waals surface area contributed by atoms with Crippen LogP contribution in [0.3, 0.4) is 0 Å². The monoisotopic (exact) mass is 329 g/mol. The van der Waals surface area contributed by atoms with E-state index in [9.17, 15) is 4.79 Å². The third-order valence-corrected chi connectivity index (χ3v) is 2.91. The minimum Gasteiger partial charge on any atom is -0.362 e. The quantitative estimate of drug-likeness (QED) is 0.694. The molecular weight excluding hydrogens is 317 g/mol. The van der Waals surface area contributed by atoms with Crippen molar-refractivity contribution >= 4 is 28.4 Å². The van der Waals surface area contributed by atoms with E-state index in [1.807, 2.05) is 26.1 Å². The number of halogens is 1. The van der Waals surface area contributed by atoms with Gasteiger partial charge in [-0.2, -0.15) is 5.10 Å². The van der Waals surface area contributed by atoms with Gasteiger partial charge in [0.05, 0.1) is 9.77 Å². The first-order chi connectivity index (χ1) is 7.56. The van der Waals surface area contributed by atoms with Crippen molar-refractivity contribution in [1.82, 2.24) is 14.8 Å². The van der Waals surface area contributed by atoms with Crippen LogP contribution in [0.5, 0.6) is 0 Å². The zero-order chi connectivity index (χ0) is 11.7. The van der Waals surface area contributed by atoms with Crippen molar-refractivity contribution in [3.05, 3.63) is 39.0 Å². The van der Waals surface area contributed by atoms with Crippen molar-refractivity contribution in [1.29, 1.82) is 0 Å². The molecule has 2 aromatic rings. The number of Topliss-reactive ketones (excluding diaryl/α,β-unsaturated/α-hetero) is 1. The van der Waals surface area contributed by atoms with Crippen LogP contribution in [0.25, 0.3) is 0 Å². The molecule has 84 valence electrons.